The third-order valence-electron chi connectivity index (χ3n) is 3.58. The van der Waals surface area contributed by atoms with Crippen molar-refractivity contribution in [1.29, 1.82) is 0 Å². The maximum Gasteiger partial charge on any atom is 0.530 e. The van der Waals surface area contributed by atoms with Crippen molar-refractivity contribution in [3.63, 3.8) is 0 Å². The molecule has 0 aliphatic carbocycles. The molecular formula is C19H20ClN4O5P. The van der Waals surface area contributed by atoms with E-state index in [0.717, 1.165) is 5.56 Å². The second-order valence-corrected chi connectivity index (χ2v) is 7.73. The van der Waals surface area contributed by atoms with Crippen LogP contribution in [0.25, 0.3) is 11.5 Å². The maximum absolute atomic E-state index is 12.6. The number of benzene rings is 2. The number of nitrogens with zero attached hydrogens (tertiary/aromatic N) is 3. The number of nitrogens with one attached hydrogen (secondary N) is 1. The lowest BCUT2D eigenvalue weighted by atomic mass is 10.2. The highest BCUT2D eigenvalue weighted by molar-refractivity contribution is 7.48. The lowest BCUT2D eigenvalue weighted by Gasteiger charge is -2.18. The van der Waals surface area contributed by atoms with Gasteiger partial charge in [0.25, 0.3) is 0 Å². The molecule has 9 nitrogen and oxygen atoms in total. The van der Waals surface area contributed by atoms with Gasteiger partial charge in [-0.1, -0.05) is 28.8 Å². The molecule has 0 saturated heterocycles. The van der Waals surface area contributed by atoms with Gasteiger partial charge >= 0.3 is 13.8 Å². The van der Waals surface area contributed by atoms with E-state index in [1.54, 1.807) is 62.4 Å². The van der Waals surface area contributed by atoms with Gasteiger partial charge in [0.1, 0.15) is 5.75 Å². The van der Waals surface area contributed by atoms with Gasteiger partial charge < -0.3 is 8.94 Å². The molecule has 1 heterocycles. The highest BCUT2D eigenvalue weighted by Gasteiger charge is 2.28. The summed E-state index contributed by atoms with van der Waals surface area (Å²) in [5.74, 6) is 0.614. The molecule has 0 unspecified atom stereocenters. The normalized spacial score (nSPS) is 11.7. The van der Waals surface area contributed by atoms with E-state index in [9.17, 15) is 4.57 Å². The van der Waals surface area contributed by atoms with E-state index >= 15 is 0 Å². The summed E-state index contributed by atoms with van der Waals surface area (Å²) in [6, 6.07) is 14.0. The van der Waals surface area contributed by atoms with Crippen LogP contribution in [0.2, 0.25) is 5.02 Å². The van der Waals surface area contributed by atoms with Crippen LogP contribution in [0.4, 0.5) is 6.01 Å². The molecule has 0 spiro atoms. The molecule has 0 bridgehead atoms. The first-order chi connectivity index (χ1) is 14.5. The molecule has 0 saturated carbocycles. The maximum atomic E-state index is 12.6. The Bertz CT molecular complexity index is 1030. The highest BCUT2D eigenvalue weighted by atomic mass is 35.5. The zero-order valence-corrected chi connectivity index (χ0v) is 18.0. The van der Waals surface area contributed by atoms with Crippen molar-refractivity contribution in [2.45, 2.75) is 13.8 Å². The summed E-state index contributed by atoms with van der Waals surface area (Å²) in [5, 5.41) is 12.5. The summed E-state index contributed by atoms with van der Waals surface area (Å²) in [7, 11) is -3.73. The van der Waals surface area contributed by atoms with Crippen LogP contribution in [-0.4, -0.2) is 29.6 Å². The Morgan fingerprint density at radius 1 is 1.10 bits per heavy atom. The van der Waals surface area contributed by atoms with Gasteiger partial charge in [0.05, 0.1) is 19.4 Å². The molecule has 2 aromatic carbocycles. The molecule has 158 valence electrons. The van der Waals surface area contributed by atoms with Crippen molar-refractivity contribution >= 4 is 31.7 Å². The predicted octanol–water partition coefficient (Wildman–Crippen LogP) is 5.40. The zero-order valence-electron chi connectivity index (χ0n) is 16.3. The van der Waals surface area contributed by atoms with Crippen LogP contribution in [0, 0.1) is 0 Å². The molecule has 0 radical (unpaired) electrons. The summed E-state index contributed by atoms with van der Waals surface area (Å²) in [6.45, 7) is 3.77. The summed E-state index contributed by atoms with van der Waals surface area (Å²) in [6.07, 6.45) is 1.46. The van der Waals surface area contributed by atoms with Crippen LogP contribution in [0.1, 0.15) is 19.4 Å². The molecule has 11 heteroatoms. The lowest BCUT2D eigenvalue weighted by molar-refractivity contribution is 0.167. The van der Waals surface area contributed by atoms with E-state index in [2.05, 4.69) is 20.7 Å². The fourth-order valence-corrected chi connectivity index (χ4v) is 3.68. The van der Waals surface area contributed by atoms with Crippen molar-refractivity contribution in [3.05, 3.63) is 59.1 Å². The third kappa shape index (κ3) is 5.90. The second kappa shape index (κ2) is 10.4. The van der Waals surface area contributed by atoms with Crippen molar-refractivity contribution in [2.75, 3.05) is 18.6 Å². The molecule has 0 fully saturated rings. The molecule has 0 atom stereocenters. The Morgan fingerprint density at radius 3 is 2.50 bits per heavy atom. The molecule has 0 amide bonds. The van der Waals surface area contributed by atoms with Gasteiger partial charge in [-0.2, -0.15) is 5.10 Å². The zero-order chi connectivity index (χ0) is 21.4. The molecule has 1 aromatic heterocycles. The van der Waals surface area contributed by atoms with Crippen molar-refractivity contribution in [1.82, 2.24) is 10.2 Å². The summed E-state index contributed by atoms with van der Waals surface area (Å²) in [5.41, 5.74) is 3.92. The van der Waals surface area contributed by atoms with E-state index in [0.29, 0.717) is 22.2 Å². The van der Waals surface area contributed by atoms with Gasteiger partial charge in [0, 0.05) is 16.1 Å². The number of hydrogen-bond donors (Lipinski definition) is 1. The average Bonchev–Trinajstić information content (AvgIpc) is 3.19. The minimum Gasteiger partial charge on any atom is -0.403 e. The third-order valence-corrected chi connectivity index (χ3v) is 5.40. The van der Waals surface area contributed by atoms with Crippen molar-refractivity contribution < 1.29 is 22.6 Å². The molecule has 30 heavy (non-hydrogen) atoms. The Kier molecular flexibility index (Phi) is 7.59. The highest BCUT2D eigenvalue weighted by Crippen LogP contribution is 2.49. The number of halogens is 1. The van der Waals surface area contributed by atoms with Crippen molar-refractivity contribution in [3.8, 4) is 17.2 Å². The smallest absolute Gasteiger partial charge is 0.403 e. The quantitative estimate of drug-likeness (QED) is 0.248. The van der Waals surface area contributed by atoms with Gasteiger partial charge in [-0.15, -0.1) is 5.10 Å². The number of phosphoric ester groups is 1. The van der Waals surface area contributed by atoms with Crippen LogP contribution in [0.3, 0.4) is 0 Å². The van der Waals surface area contributed by atoms with E-state index in [4.69, 9.17) is 29.6 Å². The topological polar surface area (TPSA) is 108 Å². The SMILES string of the molecule is CCOP(=O)(OCC)Oc1ccccc1/C=N\Nc1nnc(-c2ccc(Cl)cc2)o1. The van der Waals surface area contributed by atoms with Crippen LogP contribution >= 0.6 is 19.4 Å². The standard InChI is InChI=1S/C19H20ClN4O5P/c1-3-26-30(25,27-4-2)29-17-8-6-5-7-15(17)13-21-23-19-24-22-18(28-19)14-9-11-16(20)12-10-14/h5-13H,3-4H2,1-2H3,(H,23,24)/b21-13-. The monoisotopic (exact) mass is 450 g/mol. The number of hydrogen-bond acceptors (Lipinski definition) is 9. The predicted molar refractivity (Wildman–Crippen MR) is 114 cm³/mol. The first-order valence-electron chi connectivity index (χ1n) is 9.09. The van der Waals surface area contributed by atoms with Crippen LogP contribution < -0.4 is 9.95 Å². The number of hydrazone groups is 1. The molecule has 3 rings (SSSR count). The fourth-order valence-electron chi connectivity index (χ4n) is 2.33. The summed E-state index contributed by atoms with van der Waals surface area (Å²) >= 11 is 5.88. The molecular weight excluding hydrogens is 431 g/mol. The summed E-state index contributed by atoms with van der Waals surface area (Å²) in [4.78, 5) is 0. The Balaban J connectivity index is 1.70. The molecule has 3 aromatic rings. The van der Waals surface area contributed by atoms with Gasteiger partial charge in [-0.3, -0.25) is 9.05 Å². The second-order valence-electron chi connectivity index (χ2n) is 5.70. The molecule has 1 N–H and O–H groups in total. The number of phosphoric acid groups is 1. The van der Waals surface area contributed by atoms with Crippen LogP contribution in [-0.2, 0) is 13.6 Å². The number of anilines is 1. The Hall–Kier alpha value is -2.71. The van der Waals surface area contributed by atoms with Crippen LogP contribution in [0.5, 0.6) is 5.75 Å². The average molecular weight is 451 g/mol. The minimum absolute atomic E-state index is 0.101. The van der Waals surface area contributed by atoms with E-state index in [1.165, 1.54) is 6.21 Å². The van der Waals surface area contributed by atoms with Gasteiger partial charge in [0.2, 0.25) is 5.89 Å². The van der Waals surface area contributed by atoms with E-state index in [-0.39, 0.29) is 19.2 Å². The van der Waals surface area contributed by atoms with Gasteiger partial charge in [0.15, 0.2) is 0 Å². The minimum atomic E-state index is -3.73. The number of para-hydroxylation sites is 1. The largest absolute Gasteiger partial charge is 0.530 e. The first-order valence-corrected chi connectivity index (χ1v) is 10.9. The number of aromatic nitrogens is 2. The Labute approximate surface area is 178 Å². The van der Waals surface area contributed by atoms with Gasteiger partial charge in [-0.05, 0) is 50.2 Å². The van der Waals surface area contributed by atoms with Gasteiger partial charge in [-0.25, -0.2) is 9.99 Å². The fraction of sp³-hybridized carbons (Fsp3) is 0.211. The molecule has 0 aliphatic heterocycles. The molecule has 0 aliphatic rings. The number of rotatable bonds is 10. The summed E-state index contributed by atoms with van der Waals surface area (Å²) < 4.78 is 34.0. The van der Waals surface area contributed by atoms with E-state index in [1.807, 2.05) is 0 Å². The van der Waals surface area contributed by atoms with Crippen molar-refractivity contribution in [2.24, 2.45) is 5.10 Å². The van der Waals surface area contributed by atoms with Crippen LogP contribution in [0.15, 0.2) is 58.0 Å². The first kappa shape index (κ1) is 22.0. The van der Waals surface area contributed by atoms with E-state index < -0.39 is 7.82 Å². The Morgan fingerprint density at radius 2 is 1.80 bits per heavy atom. The lowest BCUT2D eigenvalue weighted by Crippen LogP contribution is -2.04.